The topological polar surface area (TPSA) is 20.3 Å². The van der Waals surface area contributed by atoms with E-state index in [9.17, 15) is 4.79 Å². The summed E-state index contributed by atoms with van der Waals surface area (Å²) in [7, 11) is 1.89. The van der Waals surface area contributed by atoms with Crippen molar-refractivity contribution in [2.24, 2.45) is 5.92 Å². The minimum Gasteiger partial charge on any atom is -0.341 e. The lowest BCUT2D eigenvalue weighted by atomic mass is 9.85. The molecule has 1 aromatic heterocycles. The van der Waals surface area contributed by atoms with Crippen LogP contribution in [-0.2, 0) is 0 Å². The second-order valence-electron chi connectivity index (χ2n) is 4.21. The maximum Gasteiger partial charge on any atom is 0.263 e. The molecule has 2 rings (SSSR count). The Bertz CT molecular complexity index is 381. The van der Waals surface area contributed by atoms with Gasteiger partial charge in [-0.05, 0) is 56.7 Å². The van der Waals surface area contributed by atoms with Gasteiger partial charge in [0.2, 0.25) is 0 Å². The highest BCUT2D eigenvalue weighted by molar-refractivity contribution is 9.13. The summed E-state index contributed by atoms with van der Waals surface area (Å²) < 4.78 is 1.94. The molecule has 0 saturated heterocycles. The largest absolute Gasteiger partial charge is 0.341 e. The molecule has 0 atom stereocenters. The molecular formula is C11H13Br2NOS. The molecule has 0 unspecified atom stereocenters. The van der Waals surface area contributed by atoms with Gasteiger partial charge in [-0.1, -0.05) is 6.42 Å². The molecule has 1 fully saturated rings. The molecule has 5 heteroatoms. The van der Waals surface area contributed by atoms with E-state index in [4.69, 9.17) is 0 Å². The number of thiophene rings is 1. The highest BCUT2D eigenvalue weighted by Crippen LogP contribution is 2.33. The van der Waals surface area contributed by atoms with Crippen molar-refractivity contribution in [1.29, 1.82) is 0 Å². The molecule has 0 bridgehead atoms. The van der Waals surface area contributed by atoms with Crippen LogP contribution in [-0.4, -0.2) is 24.4 Å². The third kappa shape index (κ3) is 2.68. The van der Waals surface area contributed by atoms with Gasteiger partial charge in [-0.3, -0.25) is 4.79 Å². The Balaban J connectivity index is 2.00. The number of carbonyl (C=O) groups excluding carboxylic acids is 1. The normalized spacial score (nSPS) is 15.9. The Hall–Kier alpha value is 0.130. The van der Waals surface area contributed by atoms with E-state index in [0.717, 1.165) is 25.6 Å². The van der Waals surface area contributed by atoms with Gasteiger partial charge < -0.3 is 4.90 Å². The maximum atomic E-state index is 12.1. The Morgan fingerprint density at radius 1 is 1.56 bits per heavy atom. The van der Waals surface area contributed by atoms with E-state index in [-0.39, 0.29) is 5.91 Å². The lowest BCUT2D eigenvalue weighted by molar-refractivity contribution is 0.0750. The Morgan fingerprint density at radius 3 is 2.69 bits per heavy atom. The van der Waals surface area contributed by atoms with E-state index < -0.39 is 0 Å². The van der Waals surface area contributed by atoms with Crippen LogP contribution in [0.3, 0.4) is 0 Å². The van der Waals surface area contributed by atoms with Crippen molar-refractivity contribution in [3.63, 3.8) is 0 Å². The molecule has 88 valence electrons. The molecule has 1 aliphatic rings. The first kappa shape index (κ1) is 12.6. The summed E-state index contributed by atoms with van der Waals surface area (Å²) in [6.07, 6.45) is 3.87. The van der Waals surface area contributed by atoms with Crippen molar-refractivity contribution in [3.8, 4) is 0 Å². The second-order valence-corrected chi connectivity index (χ2v) is 7.44. The lowest BCUT2D eigenvalue weighted by Crippen LogP contribution is -2.33. The van der Waals surface area contributed by atoms with Crippen LogP contribution in [0.1, 0.15) is 28.9 Å². The first-order valence-corrected chi connectivity index (χ1v) is 7.68. The molecule has 0 radical (unpaired) electrons. The van der Waals surface area contributed by atoms with Crippen molar-refractivity contribution in [1.82, 2.24) is 4.90 Å². The Kier molecular flexibility index (Phi) is 4.08. The first-order valence-electron chi connectivity index (χ1n) is 5.28. The Labute approximate surface area is 116 Å². The van der Waals surface area contributed by atoms with Crippen LogP contribution >= 0.6 is 43.2 Å². The van der Waals surface area contributed by atoms with Gasteiger partial charge in [0.05, 0.1) is 8.66 Å². The number of hydrogen-bond acceptors (Lipinski definition) is 2. The van der Waals surface area contributed by atoms with Crippen molar-refractivity contribution in [3.05, 3.63) is 19.2 Å². The molecule has 0 aromatic carbocycles. The van der Waals surface area contributed by atoms with Crippen LogP contribution in [0.2, 0.25) is 0 Å². The fourth-order valence-corrected chi connectivity index (χ4v) is 3.82. The number of halogens is 2. The van der Waals surface area contributed by atoms with Crippen molar-refractivity contribution in [2.45, 2.75) is 19.3 Å². The smallest absolute Gasteiger partial charge is 0.263 e. The zero-order valence-corrected chi connectivity index (χ0v) is 13.0. The van der Waals surface area contributed by atoms with Crippen molar-refractivity contribution in [2.75, 3.05) is 13.6 Å². The summed E-state index contributed by atoms with van der Waals surface area (Å²) >= 11 is 8.29. The van der Waals surface area contributed by atoms with E-state index in [1.54, 1.807) is 0 Å². The van der Waals surface area contributed by atoms with Gasteiger partial charge >= 0.3 is 0 Å². The van der Waals surface area contributed by atoms with Gasteiger partial charge in [-0.2, -0.15) is 0 Å². The predicted octanol–water partition coefficient (Wildman–Crippen LogP) is 4.15. The third-order valence-corrected chi connectivity index (χ3v) is 6.20. The SMILES string of the molecule is CN(CC1CCC1)C(=O)c1cc(Br)c(Br)s1. The maximum absolute atomic E-state index is 12.1. The predicted molar refractivity (Wildman–Crippen MR) is 74.0 cm³/mol. The standard InChI is InChI=1S/C11H13Br2NOS/c1-14(6-7-3-2-4-7)11(15)9-5-8(12)10(13)16-9/h5,7H,2-4,6H2,1H3. The monoisotopic (exact) mass is 365 g/mol. The second kappa shape index (κ2) is 5.19. The highest BCUT2D eigenvalue weighted by atomic mass is 79.9. The fraction of sp³-hybridized carbons (Fsp3) is 0.545. The first-order chi connectivity index (χ1) is 7.58. The molecule has 0 spiro atoms. The molecule has 0 aliphatic heterocycles. The molecular weight excluding hydrogens is 354 g/mol. The summed E-state index contributed by atoms with van der Waals surface area (Å²) in [6, 6.07) is 1.88. The van der Waals surface area contributed by atoms with Crippen molar-refractivity contribution < 1.29 is 4.79 Å². The summed E-state index contributed by atoms with van der Waals surface area (Å²) in [5, 5.41) is 0. The lowest BCUT2D eigenvalue weighted by Gasteiger charge is -2.29. The van der Waals surface area contributed by atoms with Gasteiger partial charge in [0.25, 0.3) is 5.91 Å². The number of hydrogen-bond donors (Lipinski definition) is 0. The molecule has 16 heavy (non-hydrogen) atoms. The van der Waals surface area contributed by atoms with Gasteiger partial charge in [0.15, 0.2) is 0 Å². The van der Waals surface area contributed by atoms with Crippen molar-refractivity contribution >= 4 is 49.1 Å². The Morgan fingerprint density at radius 2 is 2.25 bits per heavy atom. The number of rotatable bonds is 3. The molecule has 0 N–H and O–H groups in total. The van der Waals surface area contributed by atoms with Gasteiger partial charge in [0, 0.05) is 18.1 Å². The van der Waals surface area contributed by atoms with Crippen LogP contribution in [0.4, 0.5) is 0 Å². The molecule has 1 heterocycles. The molecule has 1 aliphatic carbocycles. The highest BCUT2D eigenvalue weighted by Gasteiger charge is 2.23. The number of carbonyl (C=O) groups is 1. The molecule has 1 saturated carbocycles. The van der Waals surface area contributed by atoms with E-state index in [0.29, 0.717) is 0 Å². The van der Waals surface area contributed by atoms with Gasteiger partial charge in [-0.15, -0.1) is 11.3 Å². The van der Waals surface area contributed by atoms with Crippen LogP contribution in [0.5, 0.6) is 0 Å². The molecule has 1 amide bonds. The summed E-state index contributed by atoms with van der Waals surface area (Å²) in [6.45, 7) is 0.895. The average molecular weight is 367 g/mol. The number of amides is 1. The minimum absolute atomic E-state index is 0.128. The van der Waals surface area contributed by atoms with E-state index in [2.05, 4.69) is 31.9 Å². The summed E-state index contributed by atoms with van der Waals surface area (Å²) in [4.78, 5) is 14.7. The van der Waals surface area contributed by atoms with E-state index in [1.165, 1.54) is 30.6 Å². The van der Waals surface area contributed by atoms with Crippen LogP contribution in [0, 0.1) is 5.92 Å². The quantitative estimate of drug-likeness (QED) is 0.786. The fourth-order valence-electron chi connectivity index (χ4n) is 1.79. The average Bonchev–Trinajstić information content (AvgIpc) is 2.51. The zero-order valence-electron chi connectivity index (χ0n) is 9.00. The van der Waals surface area contributed by atoms with Gasteiger partial charge in [-0.25, -0.2) is 0 Å². The van der Waals surface area contributed by atoms with Crippen LogP contribution in [0.25, 0.3) is 0 Å². The van der Waals surface area contributed by atoms with Crippen LogP contribution < -0.4 is 0 Å². The summed E-state index contributed by atoms with van der Waals surface area (Å²) in [5.74, 6) is 0.851. The number of nitrogens with zero attached hydrogens (tertiary/aromatic N) is 1. The van der Waals surface area contributed by atoms with Crippen LogP contribution in [0.15, 0.2) is 14.3 Å². The molecule has 2 nitrogen and oxygen atoms in total. The summed E-state index contributed by atoms with van der Waals surface area (Å²) in [5.41, 5.74) is 0. The van der Waals surface area contributed by atoms with E-state index >= 15 is 0 Å². The van der Waals surface area contributed by atoms with Gasteiger partial charge in [0.1, 0.15) is 0 Å². The third-order valence-electron chi connectivity index (χ3n) is 2.96. The van der Waals surface area contributed by atoms with E-state index in [1.807, 2.05) is 18.0 Å². The zero-order chi connectivity index (χ0) is 11.7. The molecule has 1 aromatic rings. The minimum atomic E-state index is 0.128.